The van der Waals surface area contributed by atoms with Crippen molar-refractivity contribution in [3.63, 3.8) is 0 Å². The number of hydrogen-bond acceptors (Lipinski definition) is 4. The van der Waals surface area contributed by atoms with Crippen LogP contribution in [0.1, 0.15) is 92.8 Å². The Morgan fingerprint density at radius 1 is 1.07 bits per heavy atom. The lowest BCUT2D eigenvalue weighted by Crippen LogP contribution is -2.36. The van der Waals surface area contributed by atoms with Crippen molar-refractivity contribution in [3.05, 3.63) is 89.0 Å². The maximum Gasteiger partial charge on any atom is 0.270 e. The van der Waals surface area contributed by atoms with Crippen LogP contribution in [0.3, 0.4) is 0 Å². The molecule has 46 heavy (non-hydrogen) atoms. The highest BCUT2D eigenvalue weighted by Crippen LogP contribution is 2.35. The minimum atomic E-state index is -2.88. The highest BCUT2D eigenvalue weighted by atomic mass is 19.3. The van der Waals surface area contributed by atoms with Crippen molar-refractivity contribution < 1.29 is 18.3 Å². The molecule has 242 valence electrons. The van der Waals surface area contributed by atoms with Gasteiger partial charge in [0.15, 0.2) is 0 Å². The van der Waals surface area contributed by atoms with Crippen molar-refractivity contribution in [3.8, 4) is 16.9 Å². The minimum Gasteiger partial charge on any atom is -0.493 e. The standard InChI is InChI=1S/C39H45F2N3O2/c1-4-5-6-8-26(2)21-32-9-7-19-44(32)38(45)34-24-37(42-25-27-10-15-31(16-11-27)39(3,40)41)43-35-17-14-29(22-33(34)35)30-13-12-28-18-20-46-36(28)23-30/h10-17,22-24,26,32H,4-9,18-21,25H2,1-3H3,(H,42,43)/t26-,32?/m1/s1. The van der Waals surface area contributed by atoms with E-state index >= 15 is 0 Å². The van der Waals surface area contributed by atoms with Crippen molar-refractivity contribution in [1.29, 1.82) is 0 Å². The number of unbranched alkanes of at least 4 members (excludes halogenated alkanes) is 2. The quantitative estimate of drug-likeness (QED) is 0.159. The van der Waals surface area contributed by atoms with E-state index < -0.39 is 5.92 Å². The van der Waals surface area contributed by atoms with Gasteiger partial charge in [-0.2, -0.15) is 0 Å². The molecule has 1 unspecified atom stereocenters. The number of hydrogen-bond donors (Lipinski definition) is 1. The average Bonchev–Trinajstić information content (AvgIpc) is 3.72. The number of nitrogens with zero attached hydrogens (tertiary/aromatic N) is 2. The van der Waals surface area contributed by atoms with E-state index in [0.717, 1.165) is 72.5 Å². The van der Waals surface area contributed by atoms with Gasteiger partial charge in [0.1, 0.15) is 11.6 Å². The van der Waals surface area contributed by atoms with Gasteiger partial charge in [-0.3, -0.25) is 4.79 Å². The molecule has 1 aromatic heterocycles. The molecule has 1 N–H and O–H groups in total. The van der Waals surface area contributed by atoms with Crippen LogP contribution in [0, 0.1) is 5.92 Å². The molecule has 0 saturated carbocycles. The van der Waals surface area contributed by atoms with E-state index in [0.29, 0.717) is 30.5 Å². The lowest BCUT2D eigenvalue weighted by Gasteiger charge is -2.28. The summed E-state index contributed by atoms with van der Waals surface area (Å²) in [5.41, 5.74) is 5.49. The van der Waals surface area contributed by atoms with E-state index in [9.17, 15) is 13.6 Å². The third-order valence-corrected chi connectivity index (χ3v) is 9.62. The zero-order chi connectivity index (χ0) is 32.3. The smallest absolute Gasteiger partial charge is 0.270 e. The van der Waals surface area contributed by atoms with Crippen LogP contribution >= 0.6 is 0 Å². The summed E-state index contributed by atoms with van der Waals surface area (Å²) in [7, 11) is 0. The summed E-state index contributed by atoms with van der Waals surface area (Å²) < 4.78 is 33.3. The van der Waals surface area contributed by atoms with Gasteiger partial charge in [-0.15, -0.1) is 0 Å². The number of fused-ring (bicyclic) bond motifs is 2. The number of benzene rings is 3. The maximum atomic E-state index is 14.5. The Hall–Kier alpha value is -4.00. The van der Waals surface area contributed by atoms with Crippen molar-refractivity contribution in [2.75, 3.05) is 18.5 Å². The third kappa shape index (κ3) is 7.19. The summed E-state index contributed by atoms with van der Waals surface area (Å²) in [5, 5.41) is 4.18. The molecule has 2 atom stereocenters. The first kappa shape index (κ1) is 32.0. The SMILES string of the molecule is CCCCC[C@@H](C)CC1CCCN1C(=O)c1cc(NCc2ccc(C(C)(F)F)cc2)nc2ccc(-c3ccc4c(c3)OCC4)cc12. The normalized spacial score (nSPS) is 16.8. The number of anilines is 1. The maximum absolute atomic E-state index is 14.5. The molecule has 6 rings (SSSR count). The van der Waals surface area contributed by atoms with Crippen LogP contribution in [0.2, 0.25) is 0 Å². The number of nitrogens with one attached hydrogen (secondary N) is 1. The van der Waals surface area contributed by atoms with Crippen molar-refractivity contribution in [1.82, 2.24) is 9.88 Å². The predicted molar refractivity (Wildman–Crippen MR) is 182 cm³/mol. The summed E-state index contributed by atoms with van der Waals surface area (Å²) in [4.78, 5) is 21.4. The number of pyridine rings is 1. The number of carbonyl (C=O) groups excluding carboxylic acids is 1. The van der Waals surface area contributed by atoms with Crippen LogP contribution in [0.5, 0.6) is 5.75 Å². The van der Waals surface area contributed by atoms with E-state index in [1.165, 1.54) is 43.4 Å². The van der Waals surface area contributed by atoms with Gasteiger partial charge in [-0.1, -0.05) is 82.0 Å². The van der Waals surface area contributed by atoms with Crippen molar-refractivity contribution in [2.24, 2.45) is 5.92 Å². The molecule has 0 aliphatic carbocycles. The van der Waals surface area contributed by atoms with Gasteiger partial charge in [0.2, 0.25) is 0 Å². The topological polar surface area (TPSA) is 54.5 Å². The van der Waals surface area contributed by atoms with Gasteiger partial charge in [-0.05, 0) is 71.7 Å². The number of alkyl halides is 2. The van der Waals surface area contributed by atoms with Crippen LogP contribution in [-0.4, -0.2) is 35.0 Å². The number of likely N-dealkylation sites (tertiary alicyclic amines) is 1. The molecule has 1 amide bonds. The van der Waals surface area contributed by atoms with Gasteiger partial charge in [0.05, 0.1) is 17.7 Å². The zero-order valence-corrected chi connectivity index (χ0v) is 27.3. The number of rotatable bonds is 12. The first-order valence-corrected chi connectivity index (χ1v) is 16.9. The molecule has 1 fully saturated rings. The van der Waals surface area contributed by atoms with Gasteiger partial charge < -0.3 is 15.0 Å². The zero-order valence-electron chi connectivity index (χ0n) is 27.3. The van der Waals surface area contributed by atoms with E-state index in [2.05, 4.69) is 48.3 Å². The second kappa shape index (κ2) is 13.8. The molecular weight excluding hydrogens is 580 g/mol. The Labute approximate surface area is 271 Å². The summed E-state index contributed by atoms with van der Waals surface area (Å²) in [6.45, 7) is 7.32. The number of aromatic nitrogens is 1. The Kier molecular flexibility index (Phi) is 9.57. The van der Waals surface area contributed by atoms with Crippen LogP contribution in [0.15, 0.2) is 66.7 Å². The second-order valence-corrected chi connectivity index (χ2v) is 13.3. The largest absolute Gasteiger partial charge is 0.493 e. The van der Waals surface area contributed by atoms with Crippen LogP contribution in [0.25, 0.3) is 22.0 Å². The Balaban J connectivity index is 1.31. The first-order valence-electron chi connectivity index (χ1n) is 16.9. The monoisotopic (exact) mass is 625 g/mol. The van der Waals surface area contributed by atoms with E-state index in [4.69, 9.17) is 9.72 Å². The Morgan fingerprint density at radius 3 is 2.63 bits per heavy atom. The summed E-state index contributed by atoms with van der Waals surface area (Å²) >= 11 is 0. The number of amides is 1. The lowest BCUT2D eigenvalue weighted by molar-refractivity contribution is 0.0174. The molecule has 0 radical (unpaired) electrons. The van der Waals surface area contributed by atoms with Crippen molar-refractivity contribution >= 4 is 22.6 Å². The Bertz CT molecular complexity index is 1680. The van der Waals surface area contributed by atoms with E-state index in [1.54, 1.807) is 12.1 Å². The summed E-state index contributed by atoms with van der Waals surface area (Å²) in [6, 6.07) is 20.9. The summed E-state index contributed by atoms with van der Waals surface area (Å²) in [6.07, 6.45) is 8.90. The van der Waals surface area contributed by atoms with Gasteiger partial charge >= 0.3 is 0 Å². The molecule has 2 aliphatic rings. The van der Waals surface area contributed by atoms with Gasteiger partial charge in [0, 0.05) is 43.4 Å². The first-order chi connectivity index (χ1) is 22.2. The summed E-state index contributed by atoms with van der Waals surface area (Å²) in [5.74, 6) is -0.752. The molecule has 7 heteroatoms. The van der Waals surface area contributed by atoms with Crippen LogP contribution < -0.4 is 10.1 Å². The van der Waals surface area contributed by atoms with E-state index in [-0.39, 0.29) is 17.5 Å². The third-order valence-electron chi connectivity index (χ3n) is 9.62. The fourth-order valence-electron chi connectivity index (χ4n) is 6.95. The molecule has 2 aliphatic heterocycles. The molecule has 0 spiro atoms. The fourth-order valence-corrected chi connectivity index (χ4v) is 6.95. The average molecular weight is 626 g/mol. The van der Waals surface area contributed by atoms with E-state index in [1.807, 2.05) is 18.2 Å². The van der Waals surface area contributed by atoms with Gasteiger partial charge in [0.25, 0.3) is 11.8 Å². The molecule has 0 bridgehead atoms. The van der Waals surface area contributed by atoms with Crippen molar-refractivity contribution in [2.45, 2.75) is 90.6 Å². The molecule has 3 heterocycles. The highest BCUT2D eigenvalue weighted by molar-refractivity contribution is 6.08. The van der Waals surface area contributed by atoms with Gasteiger partial charge in [-0.25, -0.2) is 13.8 Å². The highest BCUT2D eigenvalue weighted by Gasteiger charge is 2.32. The van der Waals surface area contributed by atoms with Crippen LogP contribution in [0.4, 0.5) is 14.6 Å². The Morgan fingerprint density at radius 2 is 1.85 bits per heavy atom. The molecule has 3 aromatic carbocycles. The number of ether oxygens (including phenoxy) is 1. The molecular formula is C39H45F2N3O2. The fraction of sp³-hybridized carbons (Fsp3) is 0.436. The molecule has 4 aromatic rings. The lowest BCUT2D eigenvalue weighted by atomic mass is 9.94. The number of carbonyl (C=O) groups is 1. The minimum absolute atomic E-state index is 0.0152. The number of halogens is 2. The second-order valence-electron chi connectivity index (χ2n) is 13.3. The van der Waals surface area contributed by atoms with Crippen LogP contribution in [-0.2, 0) is 18.9 Å². The predicted octanol–water partition coefficient (Wildman–Crippen LogP) is 9.77. The molecule has 1 saturated heterocycles. The molecule has 5 nitrogen and oxygen atoms in total.